The molecule has 0 amide bonds. The van der Waals surface area contributed by atoms with E-state index in [0.29, 0.717) is 39.3 Å². The van der Waals surface area contributed by atoms with E-state index >= 15 is 0 Å². The number of hydrogen-bond acceptors (Lipinski definition) is 5. The van der Waals surface area contributed by atoms with Gasteiger partial charge in [0, 0.05) is 24.1 Å². The molecule has 0 unspecified atom stereocenters. The Morgan fingerprint density at radius 1 is 1.26 bits per heavy atom. The molecule has 4 aromatic rings. The molecule has 170 valence electrons. The molecule has 8 heteroatoms. The number of anilines is 1. The zero-order valence-corrected chi connectivity index (χ0v) is 19.3. The minimum Gasteiger partial charge on any atom is -0.355 e. The molecule has 1 saturated carbocycles. The van der Waals surface area contributed by atoms with E-state index < -0.39 is 0 Å². The van der Waals surface area contributed by atoms with E-state index in [0.717, 1.165) is 42.9 Å². The van der Waals surface area contributed by atoms with Crippen molar-refractivity contribution in [1.82, 2.24) is 20.2 Å². The van der Waals surface area contributed by atoms with Crippen LogP contribution in [-0.2, 0) is 5.41 Å². The van der Waals surface area contributed by atoms with Crippen LogP contribution in [-0.4, -0.2) is 33.3 Å². The summed E-state index contributed by atoms with van der Waals surface area (Å²) in [5, 5.41) is 16.9. The SMILES string of the molecule is CC[C@]1(c2ccccc2F)[C@@H]2CCN(c3cnc4c(-c5ccc(C#N)cc5Cl)[nH]nc4n3)C[C@@H]21. The minimum atomic E-state index is -0.1000. The van der Waals surface area contributed by atoms with Crippen molar-refractivity contribution in [2.24, 2.45) is 11.8 Å². The molecule has 6 rings (SSSR count). The highest BCUT2D eigenvalue weighted by atomic mass is 35.5. The predicted octanol–water partition coefficient (Wildman–Crippen LogP) is 5.49. The number of hydrogen-bond donors (Lipinski definition) is 1. The van der Waals surface area contributed by atoms with Gasteiger partial charge >= 0.3 is 0 Å². The Labute approximate surface area is 201 Å². The van der Waals surface area contributed by atoms with Crippen LogP contribution in [0.15, 0.2) is 48.7 Å². The van der Waals surface area contributed by atoms with Crippen molar-refractivity contribution in [2.45, 2.75) is 25.2 Å². The van der Waals surface area contributed by atoms with Crippen LogP contribution in [0.2, 0.25) is 5.02 Å². The number of nitrogens with zero attached hydrogens (tertiary/aromatic N) is 5. The van der Waals surface area contributed by atoms with Crippen LogP contribution in [0.25, 0.3) is 22.4 Å². The molecular weight excluding hydrogens is 451 g/mol. The molecule has 3 atom stereocenters. The van der Waals surface area contributed by atoms with Gasteiger partial charge < -0.3 is 4.90 Å². The summed E-state index contributed by atoms with van der Waals surface area (Å²) in [6.07, 6.45) is 3.70. The van der Waals surface area contributed by atoms with Crippen molar-refractivity contribution in [2.75, 3.05) is 18.0 Å². The zero-order valence-electron chi connectivity index (χ0n) is 18.6. The van der Waals surface area contributed by atoms with Crippen molar-refractivity contribution in [3.05, 3.63) is 70.6 Å². The third kappa shape index (κ3) is 3.02. The number of aromatic amines is 1. The van der Waals surface area contributed by atoms with E-state index in [9.17, 15) is 4.39 Å². The van der Waals surface area contributed by atoms with Crippen LogP contribution in [0.3, 0.4) is 0 Å². The summed E-state index contributed by atoms with van der Waals surface area (Å²) in [6, 6.07) is 14.4. The molecule has 1 aliphatic carbocycles. The Hall–Kier alpha value is -3.50. The van der Waals surface area contributed by atoms with Crippen molar-refractivity contribution in [3.63, 3.8) is 0 Å². The number of aromatic nitrogens is 4. The van der Waals surface area contributed by atoms with E-state index in [2.05, 4.69) is 33.1 Å². The molecule has 0 spiro atoms. The van der Waals surface area contributed by atoms with Gasteiger partial charge in [-0.1, -0.05) is 36.7 Å². The lowest BCUT2D eigenvalue weighted by Gasteiger charge is -2.26. The first-order valence-corrected chi connectivity index (χ1v) is 11.9. The van der Waals surface area contributed by atoms with Gasteiger partial charge in [0.15, 0.2) is 0 Å². The maximum absolute atomic E-state index is 14.7. The third-order valence-electron chi connectivity index (χ3n) is 7.73. The zero-order chi connectivity index (χ0) is 23.4. The molecule has 2 aliphatic rings. The summed E-state index contributed by atoms with van der Waals surface area (Å²) in [7, 11) is 0. The van der Waals surface area contributed by atoms with Gasteiger partial charge in [-0.3, -0.25) is 5.10 Å². The van der Waals surface area contributed by atoms with Gasteiger partial charge in [-0.2, -0.15) is 10.4 Å². The lowest BCUT2D eigenvalue weighted by atomic mass is 9.88. The van der Waals surface area contributed by atoms with Gasteiger partial charge in [-0.25, -0.2) is 14.4 Å². The van der Waals surface area contributed by atoms with Crippen molar-refractivity contribution < 1.29 is 4.39 Å². The fraction of sp³-hybridized carbons (Fsp3) is 0.308. The maximum Gasteiger partial charge on any atom is 0.202 e. The molecule has 6 nitrogen and oxygen atoms in total. The molecule has 0 radical (unpaired) electrons. The second-order valence-corrected chi connectivity index (χ2v) is 9.53. The molecule has 34 heavy (non-hydrogen) atoms. The van der Waals surface area contributed by atoms with Gasteiger partial charge in [0.25, 0.3) is 0 Å². The minimum absolute atomic E-state index is 0.0938. The van der Waals surface area contributed by atoms with Crippen molar-refractivity contribution in [1.29, 1.82) is 5.26 Å². The number of piperidine rings is 1. The second kappa shape index (κ2) is 7.78. The standard InChI is InChI=1S/C26H22ClFN6/c1-2-26(18-5-3-4-6-21(18)28)17-9-10-34(14-19(17)26)22-13-30-24-23(32-33-25(24)31-22)16-8-7-15(12-29)11-20(16)27/h3-8,11,13,17,19H,2,9-10,14H2,1H3,(H,31,32,33)/t17-,19+,26-/m1/s1. The molecule has 2 aromatic heterocycles. The molecule has 0 bridgehead atoms. The summed E-state index contributed by atoms with van der Waals surface area (Å²) in [5.74, 6) is 1.57. The number of rotatable bonds is 4. The molecule has 1 aliphatic heterocycles. The average Bonchev–Trinajstić information content (AvgIpc) is 3.33. The normalized spacial score (nSPS) is 23.5. The van der Waals surface area contributed by atoms with Gasteiger partial charge in [0.1, 0.15) is 17.2 Å². The van der Waals surface area contributed by atoms with E-state index in [1.54, 1.807) is 36.5 Å². The Kier molecular flexibility index (Phi) is 4.82. The van der Waals surface area contributed by atoms with Crippen LogP contribution in [0.5, 0.6) is 0 Å². The highest BCUT2D eigenvalue weighted by Gasteiger charge is 2.65. The van der Waals surface area contributed by atoms with Crippen LogP contribution in [0, 0.1) is 29.0 Å². The van der Waals surface area contributed by atoms with Gasteiger partial charge in [0.05, 0.1) is 28.5 Å². The van der Waals surface area contributed by atoms with Crippen LogP contribution < -0.4 is 4.90 Å². The number of nitriles is 1. The van der Waals surface area contributed by atoms with E-state index in [1.807, 2.05) is 12.1 Å². The first-order chi connectivity index (χ1) is 16.6. The Morgan fingerprint density at radius 2 is 2.12 bits per heavy atom. The van der Waals surface area contributed by atoms with Gasteiger partial charge in [-0.05, 0) is 54.5 Å². The van der Waals surface area contributed by atoms with Crippen LogP contribution in [0.4, 0.5) is 10.2 Å². The summed E-state index contributed by atoms with van der Waals surface area (Å²) in [5.41, 5.74) is 3.80. The number of halogens is 2. The number of fused-ring (bicyclic) bond motifs is 2. The summed E-state index contributed by atoms with van der Waals surface area (Å²) in [6.45, 7) is 3.85. The predicted molar refractivity (Wildman–Crippen MR) is 129 cm³/mol. The first-order valence-electron chi connectivity index (χ1n) is 11.5. The van der Waals surface area contributed by atoms with E-state index in [1.165, 1.54) is 0 Å². The third-order valence-corrected chi connectivity index (χ3v) is 8.04. The Bertz CT molecular complexity index is 1460. The molecule has 2 fully saturated rings. The van der Waals surface area contributed by atoms with Crippen LogP contribution >= 0.6 is 11.6 Å². The Balaban J connectivity index is 1.29. The smallest absolute Gasteiger partial charge is 0.202 e. The topological polar surface area (TPSA) is 81.5 Å². The maximum atomic E-state index is 14.7. The fourth-order valence-corrected chi connectivity index (χ4v) is 6.33. The summed E-state index contributed by atoms with van der Waals surface area (Å²) in [4.78, 5) is 11.7. The van der Waals surface area contributed by atoms with E-state index in [4.69, 9.17) is 21.8 Å². The molecule has 2 aromatic carbocycles. The first kappa shape index (κ1) is 21.1. The highest BCUT2D eigenvalue weighted by molar-refractivity contribution is 6.33. The summed E-state index contributed by atoms with van der Waals surface area (Å²) >= 11 is 6.39. The van der Waals surface area contributed by atoms with Crippen molar-refractivity contribution >= 4 is 28.6 Å². The average molecular weight is 473 g/mol. The number of nitrogens with one attached hydrogen (secondary N) is 1. The lowest BCUT2D eigenvalue weighted by Crippen LogP contribution is -2.32. The lowest BCUT2D eigenvalue weighted by molar-refractivity contribution is 0.516. The molecule has 3 heterocycles. The van der Waals surface area contributed by atoms with Crippen molar-refractivity contribution in [3.8, 4) is 17.3 Å². The van der Waals surface area contributed by atoms with Gasteiger partial charge in [-0.15, -0.1) is 0 Å². The largest absolute Gasteiger partial charge is 0.355 e. The van der Waals surface area contributed by atoms with Gasteiger partial charge in [0.2, 0.25) is 5.65 Å². The molecular formula is C26H22ClFN6. The molecule has 1 N–H and O–H groups in total. The highest BCUT2D eigenvalue weighted by Crippen LogP contribution is 2.65. The quantitative estimate of drug-likeness (QED) is 0.425. The number of benzene rings is 2. The second-order valence-electron chi connectivity index (χ2n) is 9.13. The van der Waals surface area contributed by atoms with E-state index in [-0.39, 0.29) is 11.2 Å². The number of H-pyrrole nitrogens is 1. The molecule has 1 saturated heterocycles. The summed E-state index contributed by atoms with van der Waals surface area (Å²) < 4.78 is 14.7. The van der Waals surface area contributed by atoms with Crippen LogP contribution in [0.1, 0.15) is 30.9 Å². The monoisotopic (exact) mass is 472 g/mol. The Morgan fingerprint density at radius 3 is 2.88 bits per heavy atom. The fourth-order valence-electron chi connectivity index (χ4n) is 6.05.